The Morgan fingerprint density at radius 2 is 2.00 bits per heavy atom. The Balaban J connectivity index is 2.38. The number of rotatable bonds is 7. The zero-order valence-electron chi connectivity index (χ0n) is 10.5. The number of H-pyrrole nitrogens is 1. The van der Waals surface area contributed by atoms with Crippen molar-refractivity contribution in [2.75, 3.05) is 6.54 Å². The number of hydrogen-bond acceptors (Lipinski definition) is 7. The summed E-state index contributed by atoms with van der Waals surface area (Å²) in [6.45, 7) is 0.425. The molecule has 7 N–H and O–H groups in total. The number of aromatic amines is 1. The fraction of sp³-hybridized carbons (Fsp3) is 0.545. The molecule has 2 atom stereocenters. The van der Waals surface area contributed by atoms with Gasteiger partial charge in [0.2, 0.25) is 0 Å². The number of nitrogens with one attached hydrogen (secondary N) is 1. The molecule has 0 saturated carbocycles. The van der Waals surface area contributed by atoms with Crippen LogP contribution in [0.5, 0.6) is 0 Å². The van der Waals surface area contributed by atoms with Gasteiger partial charge in [-0.05, 0) is 19.4 Å². The van der Waals surface area contributed by atoms with Gasteiger partial charge in [0, 0.05) is 18.3 Å². The first kappa shape index (κ1) is 15.3. The van der Waals surface area contributed by atoms with Crippen LogP contribution in [-0.2, 0) is 20.7 Å². The predicted octanol–water partition coefficient (Wildman–Crippen LogP) is -1.58. The molecule has 8 nitrogen and oxygen atoms in total. The van der Waals surface area contributed by atoms with E-state index < -0.39 is 24.0 Å². The largest absolute Gasteiger partial charge is 0.391 e. The minimum Gasteiger partial charge on any atom is -0.391 e. The van der Waals surface area contributed by atoms with E-state index in [4.69, 9.17) is 17.2 Å². The normalized spacial score (nSPS) is 13.8. The molecule has 1 rings (SSSR count). The van der Waals surface area contributed by atoms with Gasteiger partial charge in [-0.3, -0.25) is 0 Å². The van der Waals surface area contributed by atoms with Gasteiger partial charge in [0.25, 0.3) is 0 Å². The predicted molar refractivity (Wildman–Crippen MR) is 67.6 cm³/mol. The van der Waals surface area contributed by atoms with E-state index in [1.165, 1.54) is 6.33 Å². The maximum Gasteiger partial charge on any atom is 0.330 e. The van der Waals surface area contributed by atoms with Crippen molar-refractivity contribution in [3.05, 3.63) is 18.2 Å². The second-order valence-corrected chi connectivity index (χ2v) is 4.16. The molecule has 0 aromatic carbocycles. The van der Waals surface area contributed by atoms with Crippen molar-refractivity contribution < 1.29 is 14.3 Å². The van der Waals surface area contributed by atoms with Crippen molar-refractivity contribution in [2.24, 2.45) is 17.2 Å². The van der Waals surface area contributed by atoms with Crippen LogP contribution >= 0.6 is 0 Å². The molecule has 1 aromatic heterocycles. The van der Waals surface area contributed by atoms with Gasteiger partial charge in [0.15, 0.2) is 0 Å². The summed E-state index contributed by atoms with van der Waals surface area (Å²) in [5.41, 5.74) is 17.2. The molecule has 0 radical (unpaired) electrons. The highest BCUT2D eigenvalue weighted by atomic mass is 16.6. The zero-order valence-corrected chi connectivity index (χ0v) is 10.5. The van der Waals surface area contributed by atoms with Crippen molar-refractivity contribution >= 4 is 11.9 Å². The Kier molecular flexibility index (Phi) is 6.13. The van der Waals surface area contributed by atoms with Crippen LogP contribution in [-0.4, -0.2) is 40.5 Å². The van der Waals surface area contributed by atoms with Gasteiger partial charge in [-0.1, -0.05) is 0 Å². The molecule has 0 saturated heterocycles. The summed E-state index contributed by atoms with van der Waals surface area (Å²) in [7, 11) is 0. The van der Waals surface area contributed by atoms with Crippen LogP contribution in [0, 0.1) is 0 Å². The Labute approximate surface area is 110 Å². The summed E-state index contributed by atoms with van der Waals surface area (Å²) in [5, 5.41) is 0. The topological polar surface area (TPSA) is 150 Å². The molecule has 0 aliphatic rings. The lowest BCUT2D eigenvalue weighted by Crippen LogP contribution is -2.40. The second kappa shape index (κ2) is 7.62. The Bertz CT molecular complexity index is 406. The van der Waals surface area contributed by atoms with Crippen LogP contribution in [0.3, 0.4) is 0 Å². The first-order valence-corrected chi connectivity index (χ1v) is 5.98. The maximum atomic E-state index is 11.6. The average molecular weight is 269 g/mol. The molecule has 0 aliphatic carbocycles. The highest BCUT2D eigenvalue weighted by molar-refractivity contribution is 5.90. The molecule has 1 aromatic rings. The van der Waals surface area contributed by atoms with Crippen LogP contribution in [0.1, 0.15) is 18.5 Å². The van der Waals surface area contributed by atoms with Gasteiger partial charge in [-0.2, -0.15) is 0 Å². The maximum absolute atomic E-state index is 11.6. The fourth-order valence-corrected chi connectivity index (χ4v) is 1.42. The quantitative estimate of drug-likeness (QED) is 0.344. The average Bonchev–Trinajstić information content (AvgIpc) is 2.88. The fourth-order valence-electron chi connectivity index (χ4n) is 1.42. The number of imidazole rings is 1. The van der Waals surface area contributed by atoms with Gasteiger partial charge in [-0.25, -0.2) is 14.6 Å². The number of ether oxygens (including phenoxy) is 1. The standard InChI is InChI=1S/C11H19N5O3/c12-3-1-2-8(13)10(17)19-11(18)9(14)4-7-5-15-6-16-7/h5-6,8-9H,1-4,12-14H2,(H,15,16)/t8-,9+/m1/s1. The van der Waals surface area contributed by atoms with E-state index in [-0.39, 0.29) is 6.42 Å². The summed E-state index contributed by atoms with van der Waals surface area (Å²) in [4.78, 5) is 29.7. The number of esters is 2. The summed E-state index contributed by atoms with van der Waals surface area (Å²) in [6.07, 6.45) is 4.19. The first-order valence-electron chi connectivity index (χ1n) is 5.98. The van der Waals surface area contributed by atoms with E-state index in [0.717, 1.165) is 0 Å². The molecular weight excluding hydrogens is 250 g/mol. The number of carbonyl (C=O) groups excluding carboxylic acids is 2. The minimum atomic E-state index is -0.939. The molecule has 0 amide bonds. The summed E-state index contributed by atoms with van der Waals surface area (Å²) in [5.74, 6) is -1.58. The van der Waals surface area contributed by atoms with Gasteiger partial charge in [0.05, 0.1) is 6.33 Å². The Morgan fingerprint density at radius 1 is 1.32 bits per heavy atom. The summed E-state index contributed by atoms with van der Waals surface area (Å²) >= 11 is 0. The van der Waals surface area contributed by atoms with E-state index in [2.05, 4.69) is 14.7 Å². The number of aromatic nitrogens is 2. The molecule has 0 fully saturated rings. The van der Waals surface area contributed by atoms with Crippen LogP contribution in [0.25, 0.3) is 0 Å². The zero-order chi connectivity index (χ0) is 14.3. The number of carbonyl (C=O) groups is 2. The van der Waals surface area contributed by atoms with Crippen LogP contribution in [0.15, 0.2) is 12.5 Å². The summed E-state index contributed by atoms with van der Waals surface area (Å²) in [6, 6.07) is -1.79. The van der Waals surface area contributed by atoms with Crippen LogP contribution < -0.4 is 17.2 Å². The molecular formula is C11H19N5O3. The molecule has 0 spiro atoms. The third kappa shape index (κ3) is 5.16. The molecule has 0 aliphatic heterocycles. The molecule has 0 unspecified atom stereocenters. The lowest BCUT2D eigenvalue weighted by molar-refractivity contribution is -0.161. The molecule has 0 bridgehead atoms. The summed E-state index contributed by atoms with van der Waals surface area (Å²) < 4.78 is 4.62. The van der Waals surface area contributed by atoms with Gasteiger partial charge >= 0.3 is 11.9 Å². The van der Waals surface area contributed by atoms with Gasteiger partial charge in [-0.15, -0.1) is 0 Å². The molecule has 19 heavy (non-hydrogen) atoms. The van der Waals surface area contributed by atoms with E-state index in [0.29, 0.717) is 25.1 Å². The highest BCUT2D eigenvalue weighted by Gasteiger charge is 2.23. The van der Waals surface area contributed by atoms with Crippen molar-refractivity contribution in [2.45, 2.75) is 31.3 Å². The lowest BCUT2D eigenvalue weighted by atomic mass is 10.1. The monoisotopic (exact) mass is 269 g/mol. The van der Waals surface area contributed by atoms with Crippen molar-refractivity contribution in [3.8, 4) is 0 Å². The Hall–Kier alpha value is -1.77. The number of hydrogen-bond donors (Lipinski definition) is 4. The van der Waals surface area contributed by atoms with Crippen LogP contribution in [0.2, 0.25) is 0 Å². The number of nitrogens with two attached hydrogens (primary N) is 3. The Morgan fingerprint density at radius 3 is 2.58 bits per heavy atom. The third-order valence-electron chi connectivity index (χ3n) is 2.52. The minimum absolute atomic E-state index is 0.212. The van der Waals surface area contributed by atoms with Gasteiger partial charge < -0.3 is 26.9 Å². The molecule has 106 valence electrons. The van der Waals surface area contributed by atoms with E-state index >= 15 is 0 Å². The van der Waals surface area contributed by atoms with Crippen LogP contribution in [0.4, 0.5) is 0 Å². The van der Waals surface area contributed by atoms with Gasteiger partial charge in [0.1, 0.15) is 12.1 Å². The highest BCUT2D eigenvalue weighted by Crippen LogP contribution is 2.01. The SMILES string of the molecule is NCCC[C@@H](N)C(=O)OC(=O)[C@@H](N)Cc1cnc[nH]1. The number of nitrogens with zero attached hydrogens (tertiary/aromatic N) is 1. The third-order valence-corrected chi connectivity index (χ3v) is 2.52. The van der Waals surface area contributed by atoms with Crippen molar-refractivity contribution in [3.63, 3.8) is 0 Å². The molecule has 1 heterocycles. The van der Waals surface area contributed by atoms with E-state index in [1.807, 2.05) is 0 Å². The smallest absolute Gasteiger partial charge is 0.330 e. The second-order valence-electron chi connectivity index (χ2n) is 4.16. The van der Waals surface area contributed by atoms with E-state index in [9.17, 15) is 9.59 Å². The lowest BCUT2D eigenvalue weighted by Gasteiger charge is -2.12. The van der Waals surface area contributed by atoms with Crippen molar-refractivity contribution in [1.82, 2.24) is 9.97 Å². The van der Waals surface area contributed by atoms with E-state index in [1.54, 1.807) is 6.20 Å². The molecule has 8 heteroatoms. The first-order chi connectivity index (χ1) is 9.04. The van der Waals surface area contributed by atoms with Crippen molar-refractivity contribution in [1.29, 1.82) is 0 Å².